The van der Waals surface area contributed by atoms with Crippen LogP contribution in [-0.4, -0.2) is 23.1 Å². The van der Waals surface area contributed by atoms with Gasteiger partial charge in [-0.1, -0.05) is 19.8 Å². The first-order valence-corrected chi connectivity index (χ1v) is 2.05. The fourth-order valence-corrected chi connectivity index (χ4v) is 0.204. The van der Waals surface area contributed by atoms with Gasteiger partial charge in [0.1, 0.15) is 0 Å². The normalized spacial score (nSPS) is 5.38. The number of rotatable bonds is 0. The van der Waals surface area contributed by atoms with Gasteiger partial charge in [-0.3, -0.25) is 5.92 Å². The maximum atomic E-state index is 3.36. The Bertz CT molecular complexity index is 78.3. The molecule has 42 valence electrons. The van der Waals surface area contributed by atoms with Gasteiger partial charge in [0, 0.05) is 0 Å². The van der Waals surface area contributed by atoms with Crippen LogP contribution in [0, 0.1) is 24.7 Å². The van der Waals surface area contributed by atoms with Gasteiger partial charge in [-0.05, 0) is 0 Å². The van der Waals surface area contributed by atoms with Gasteiger partial charge in [-0.25, -0.2) is 0 Å². The molecule has 0 aromatic rings. The molecule has 0 amide bonds. The molecule has 0 aromatic carbocycles. The van der Waals surface area contributed by atoms with Crippen molar-refractivity contribution in [2.75, 3.05) is 0 Å². The van der Waals surface area contributed by atoms with Crippen molar-refractivity contribution in [3.63, 3.8) is 0 Å². The molecule has 0 unspecified atom stereocenters. The predicted molar refractivity (Wildman–Crippen MR) is 33.7 cm³/mol. The van der Waals surface area contributed by atoms with E-state index in [-0.39, 0.29) is 40.0 Å². The quantitative estimate of drug-likeness (QED) is 0.235. The Labute approximate surface area is 78.3 Å². The molecule has 2 heteroatoms. The molecule has 0 saturated heterocycles. The zero-order valence-corrected chi connectivity index (χ0v) is 8.37. The summed E-state index contributed by atoms with van der Waals surface area (Å²) >= 11 is 0. The molecule has 0 nitrogen and oxygen atoms in total. The SMILES string of the molecule is [Br-].[CH2-]C#CC(C)C.[Mg+2]. The molecule has 0 saturated carbocycles. The van der Waals surface area contributed by atoms with Crippen molar-refractivity contribution in [1.82, 2.24) is 0 Å². The molecular formula is C6H9BrMg. The topological polar surface area (TPSA) is 0 Å². The van der Waals surface area contributed by atoms with Gasteiger partial charge in [-0.15, -0.1) is 0 Å². The van der Waals surface area contributed by atoms with Crippen molar-refractivity contribution in [3.8, 4) is 11.8 Å². The fraction of sp³-hybridized carbons (Fsp3) is 0.500. The summed E-state index contributed by atoms with van der Waals surface area (Å²) in [6, 6.07) is 0. The molecular weight excluding hydrogens is 176 g/mol. The monoisotopic (exact) mass is 184 g/mol. The number of halogens is 1. The van der Waals surface area contributed by atoms with Crippen LogP contribution in [0.3, 0.4) is 0 Å². The summed E-state index contributed by atoms with van der Waals surface area (Å²) in [5.74, 6) is 5.89. The van der Waals surface area contributed by atoms with Crippen molar-refractivity contribution < 1.29 is 17.0 Å². The molecule has 0 atom stereocenters. The second kappa shape index (κ2) is 10.6. The van der Waals surface area contributed by atoms with Crippen molar-refractivity contribution in [3.05, 3.63) is 6.92 Å². The Morgan fingerprint density at radius 2 is 1.75 bits per heavy atom. The Hall–Kier alpha value is 0.676. The zero-order valence-electron chi connectivity index (χ0n) is 5.37. The first kappa shape index (κ1) is 15.9. The minimum Gasteiger partial charge on any atom is -1.00 e. The van der Waals surface area contributed by atoms with Crippen LogP contribution in [0.25, 0.3) is 0 Å². The molecule has 0 aliphatic carbocycles. The molecule has 8 heavy (non-hydrogen) atoms. The molecule has 0 fully saturated rings. The first-order valence-electron chi connectivity index (χ1n) is 2.05. The molecule has 0 N–H and O–H groups in total. The predicted octanol–water partition coefficient (Wildman–Crippen LogP) is -1.90. The van der Waals surface area contributed by atoms with Gasteiger partial charge in [0.25, 0.3) is 0 Å². The average Bonchev–Trinajstić information content (AvgIpc) is 1.35. The van der Waals surface area contributed by atoms with Gasteiger partial charge in [0.15, 0.2) is 0 Å². The third kappa shape index (κ3) is 15.9. The van der Waals surface area contributed by atoms with Crippen molar-refractivity contribution in [1.29, 1.82) is 0 Å². The summed E-state index contributed by atoms with van der Waals surface area (Å²) in [4.78, 5) is 0. The van der Waals surface area contributed by atoms with Crippen LogP contribution in [-0.2, 0) is 0 Å². The Morgan fingerprint density at radius 3 is 1.75 bits per heavy atom. The van der Waals surface area contributed by atoms with Crippen molar-refractivity contribution in [2.24, 2.45) is 5.92 Å². The largest absolute Gasteiger partial charge is 2.00 e. The average molecular weight is 185 g/mol. The Balaban J connectivity index is -0.000000125. The summed E-state index contributed by atoms with van der Waals surface area (Å²) < 4.78 is 0. The van der Waals surface area contributed by atoms with Crippen LogP contribution in [0.5, 0.6) is 0 Å². The fourth-order valence-electron chi connectivity index (χ4n) is 0.204. The molecule has 0 rings (SSSR count). The second-order valence-electron chi connectivity index (χ2n) is 1.48. The van der Waals surface area contributed by atoms with Gasteiger partial charge in [-0.2, -0.15) is 6.92 Å². The van der Waals surface area contributed by atoms with E-state index in [0.717, 1.165) is 0 Å². The van der Waals surface area contributed by atoms with Gasteiger partial charge in [0.2, 0.25) is 0 Å². The molecule has 0 aliphatic rings. The Kier molecular flexibility index (Phi) is 21.1. The molecule has 0 radical (unpaired) electrons. The zero-order chi connectivity index (χ0) is 4.99. The second-order valence-corrected chi connectivity index (χ2v) is 1.48. The summed E-state index contributed by atoms with van der Waals surface area (Å²) in [5.41, 5.74) is 0. The molecule has 0 heterocycles. The first-order chi connectivity index (χ1) is 2.77. The third-order valence-corrected chi connectivity index (χ3v) is 0.391. The van der Waals surface area contributed by atoms with E-state index < -0.39 is 0 Å². The summed E-state index contributed by atoms with van der Waals surface area (Å²) in [6.45, 7) is 7.44. The minimum absolute atomic E-state index is 0. The van der Waals surface area contributed by atoms with Crippen molar-refractivity contribution in [2.45, 2.75) is 13.8 Å². The maximum Gasteiger partial charge on any atom is 2.00 e. The Morgan fingerprint density at radius 1 is 1.38 bits per heavy atom. The maximum absolute atomic E-state index is 3.36. The van der Waals surface area contributed by atoms with Crippen molar-refractivity contribution >= 4 is 23.1 Å². The molecule has 0 aliphatic heterocycles. The summed E-state index contributed by atoms with van der Waals surface area (Å²) in [6.07, 6.45) is 0. The van der Waals surface area contributed by atoms with E-state index in [1.54, 1.807) is 0 Å². The summed E-state index contributed by atoms with van der Waals surface area (Å²) in [5, 5.41) is 0. The van der Waals surface area contributed by atoms with E-state index in [4.69, 9.17) is 0 Å². The third-order valence-electron chi connectivity index (χ3n) is 0.391. The number of hydrogen-bond acceptors (Lipinski definition) is 0. The minimum atomic E-state index is 0. The van der Waals surface area contributed by atoms with Crippen LogP contribution >= 0.6 is 0 Å². The van der Waals surface area contributed by atoms with Gasteiger partial charge < -0.3 is 22.9 Å². The van der Waals surface area contributed by atoms with E-state index in [2.05, 4.69) is 18.8 Å². The summed E-state index contributed by atoms with van der Waals surface area (Å²) in [7, 11) is 0. The van der Waals surface area contributed by atoms with E-state index >= 15 is 0 Å². The van der Waals surface area contributed by atoms with Crippen LogP contribution in [0.4, 0.5) is 0 Å². The van der Waals surface area contributed by atoms with Gasteiger partial charge >= 0.3 is 23.1 Å². The van der Waals surface area contributed by atoms with Gasteiger partial charge in [0.05, 0.1) is 0 Å². The number of hydrogen-bond donors (Lipinski definition) is 0. The van der Waals surface area contributed by atoms with E-state index in [0.29, 0.717) is 5.92 Å². The van der Waals surface area contributed by atoms with Crippen LogP contribution < -0.4 is 17.0 Å². The van der Waals surface area contributed by atoms with Crippen LogP contribution in [0.1, 0.15) is 13.8 Å². The van der Waals surface area contributed by atoms with E-state index in [9.17, 15) is 0 Å². The standard InChI is InChI=1S/C6H9.BrH.Mg/c1-4-5-6(2)3;;/h6H,1H2,2-3H3;1H;/q-1;;+2/p-1. The molecule has 0 spiro atoms. The van der Waals surface area contributed by atoms with E-state index in [1.807, 2.05) is 13.8 Å². The molecule has 0 bridgehead atoms. The smallest absolute Gasteiger partial charge is 1.00 e. The van der Waals surface area contributed by atoms with Crippen LogP contribution in [0.2, 0.25) is 0 Å². The van der Waals surface area contributed by atoms with E-state index in [1.165, 1.54) is 0 Å². The molecule has 0 aromatic heterocycles. The van der Waals surface area contributed by atoms with Crippen LogP contribution in [0.15, 0.2) is 0 Å².